The molecule has 0 N–H and O–H groups in total. The summed E-state index contributed by atoms with van der Waals surface area (Å²) in [5, 5.41) is 0. The number of carbonyl (C=O) groups is 1. The van der Waals surface area contributed by atoms with Crippen LogP contribution in [0.3, 0.4) is 0 Å². The van der Waals surface area contributed by atoms with Gasteiger partial charge >= 0.3 is 5.97 Å². The summed E-state index contributed by atoms with van der Waals surface area (Å²) < 4.78 is 11.2. The number of ether oxygens (including phenoxy) is 2. The van der Waals surface area contributed by atoms with Gasteiger partial charge in [-0.1, -0.05) is 31.9 Å². The highest BCUT2D eigenvalue weighted by Gasteiger charge is 2.58. The van der Waals surface area contributed by atoms with Crippen molar-refractivity contribution in [1.29, 1.82) is 0 Å². The highest BCUT2D eigenvalue weighted by Crippen LogP contribution is 2.47. The Hall–Kier alpha value is -0.830. The number of hydrogen-bond donors (Lipinski definition) is 0. The van der Waals surface area contributed by atoms with Crippen LogP contribution in [0.1, 0.15) is 26.2 Å². The van der Waals surface area contributed by atoms with E-state index in [2.05, 4.69) is 13.0 Å². The summed E-state index contributed by atoms with van der Waals surface area (Å²) in [6.07, 6.45) is 7.60. The van der Waals surface area contributed by atoms with Crippen molar-refractivity contribution in [3.05, 3.63) is 12.2 Å². The average Bonchev–Trinajstić information content (AvgIpc) is 2.88. The van der Waals surface area contributed by atoms with Gasteiger partial charge in [0, 0.05) is 5.92 Å². The Kier molecular flexibility index (Phi) is 2.09. The standard InChI is InChI=1S/C12H16O3/c1-2-3-4-7-10-8-5-6-9(14-8)11(10)12(13)15-7/h5-11H,2-4H2,1H3/t7-,8-,9+,10+,11+/m0/s1. The molecule has 3 aliphatic heterocycles. The first kappa shape index (κ1) is 9.40. The third-order valence-corrected chi connectivity index (χ3v) is 3.76. The van der Waals surface area contributed by atoms with Crippen LogP contribution in [0.4, 0.5) is 0 Å². The van der Waals surface area contributed by atoms with Crippen LogP contribution in [0.15, 0.2) is 12.2 Å². The minimum atomic E-state index is -0.0436. The van der Waals surface area contributed by atoms with Gasteiger partial charge in [-0.2, -0.15) is 0 Å². The maximum atomic E-state index is 11.7. The van der Waals surface area contributed by atoms with Crippen molar-refractivity contribution in [2.75, 3.05) is 0 Å². The van der Waals surface area contributed by atoms with E-state index >= 15 is 0 Å². The highest BCUT2D eigenvalue weighted by molar-refractivity contribution is 5.77. The van der Waals surface area contributed by atoms with Gasteiger partial charge in [0.1, 0.15) is 6.10 Å². The van der Waals surface area contributed by atoms with Crippen molar-refractivity contribution in [1.82, 2.24) is 0 Å². The molecule has 3 heterocycles. The van der Waals surface area contributed by atoms with E-state index in [1.54, 1.807) is 0 Å². The Morgan fingerprint density at radius 2 is 2.13 bits per heavy atom. The third-order valence-electron chi connectivity index (χ3n) is 3.76. The lowest BCUT2D eigenvalue weighted by Crippen LogP contribution is -2.28. The van der Waals surface area contributed by atoms with Crippen LogP contribution >= 0.6 is 0 Å². The fourth-order valence-electron chi connectivity index (χ4n) is 3.04. The van der Waals surface area contributed by atoms with Gasteiger partial charge in [-0.15, -0.1) is 0 Å². The van der Waals surface area contributed by atoms with Gasteiger partial charge in [-0.05, 0) is 6.42 Å². The maximum absolute atomic E-state index is 11.7. The summed E-state index contributed by atoms with van der Waals surface area (Å²) in [5.41, 5.74) is 0. The number of unbranched alkanes of at least 4 members (excludes halogenated alkanes) is 1. The van der Waals surface area contributed by atoms with Crippen LogP contribution in [0.25, 0.3) is 0 Å². The first-order valence-electron chi connectivity index (χ1n) is 5.85. The quantitative estimate of drug-likeness (QED) is 0.523. The molecule has 3 heteroatoms. The van der Waals surface area contributed by atoms with Gasteiger partial charge in [0.25, 0.3) is 0 Å². The fourth-order valence-corrected chi connectivity index (χ4v) is 3.04. The van der Waals surface area contributed by atoms with Crippen molar-refractivity contribution >= 4 is 5.97 Å². The normalized spacial score (nSPS) is 45.9. The third kappa shape index (κ3) is 1.26. The van der Waals surface area contributed by atoms with E-state index in [0.717, 1.165) is 19.3 Å². The Balaban J connectivity index is 1.78. The molecule has 0 aromatic rings. The van der Waals surface area contributed by atoms with E-state index in [-0.39, 0.29) is 30.2 Å². The van der Waals surface area contributed by atoms with Gasteiger partial charge < -0.3 is 9.47 Å². The van der Waals surface area contributed by atoms with Gasteiger partial charge in [-0.3, -0.25) is 4.79 Å². The van der Waals surface area contributed by atoms with E-state index < -0.39 is 0 Å². The number of hydrogen-bond acceptors (Lipinski definition) is 3. The van der Waals surface area contributed by atoms with Crippen LogP contribution < -0.4 is 0 Å². The lowest BCUT2D eigenvalue weighted by molar-refractivity contribution is -0.147. The van der Waals surface area contributed by atoms with Crippen LogP contribution in [0, 0.1) is 11.8 Å². The number of esters is 1. The Morgan fingerprint density at radius 3 is 2.93 bits per heavy atom. The van der Waals surface area contributed by atoms with E-state index in [9.17, 15) is 4.79 Å². The monoisotopic (exact) mass is 208 g/mol. The Labute approximate surface area is 89.4 Å². The van der Waals surface area contributed by atoms with E-state index in [0.29, 0.717) is 5.92 Å². The molecule has 0 spiro atoms. The summed E-state index contributed by atoms with van der Waals surface area (Å²) >= 11 is 0. The lowest BCUT2D eigenvalue weighted by atomic mass is 9.80. The molecular weight excluding hydrogens is 192 g/mol. The van der Waals surface area contributed by atoms with Gasteiger partial charge in [0.15, 0.2) is 0 Å². The largest absolute Gasteiger partial charge is 0.462 e. The van der Waals surface area contributed by atoms with E-state index in [1.807, 2.05) is 6.08 Å². The Bertz CT molecular complexity index is 310. The molecule has 0 unspecified atom stereocenters. The minimum Gasteiger partial charge on any atom is -0.462 e. The zero-order valence-corrected chi connectivity index (χ0v) is 8.89. The zero-order chi connectivity index (χ0) is 10.4. The van der Waals surface area contributed by atoms with Gasteiger partial charge in [0.05, 0.1) is 18.1 Å². The predicted octanol–water partition coefficient (Wildman–Crippen LogP) is 1.67. The van der Waals surface area contributed by atoms with Crippen LogP contribution in [0.2, 0.25) is 0 Å². The molecule has 0 aliphatic carbocycles. The summed E-state index contributed by atoms with van der Waals surface area (Å²) in [6.45, 7) is 2.16. The molecule has 3 aliphatic rings. The fraction of sp³-hybridized carbons (Fsp3) is 0.750. The smallest absolute Gasteiger partial charge is 0.312 e. The first-order chi connectivity index (χ1) is 7.31. The molecule has 0 radical (unpaired) electrons. The zero-order valence-electron chi connectivity index (χ0n) is 8.89. The minimum absolute atomic E-state index is 0.000809. The van der Waals surface area contributed by atoms with Crippen molar-refractivity contribution in [3.63, 3.8) is 0 Å². The first-order valence-corrected chi connectivity index (χ1v) is 5.85. The van der Waals surface area contributed by atoms with Crippen molar-refractivity contribution in [3.8, 4) is 0 Å². The van der Waals surface area contributed by atoms with E-state index in [1.165, 1.54) is 0 Å². The van der Waals surface area contributed by atoms with Crippen molar-refractivity contribution < 1.29 is 14.3 Å². The molecular formula is C12H16O3. The summed E-state index contributed by atoms with van der Waals surface area (Å²) in [7, 11) is 0. The number of carbonyl (C=O) groups excluding carboxylic acids is 1. The molecule has 2 saturated heterocycles. The second kappa shape index (κ2) is 3.34. The SMILES string of the molecule is CCCC[C@@H]1OC(=O)[C@H]2[C@H]1[C@@H]1C=C[C@H]2O1. The molecule has 0 aromatic carbocycles. The molecule has 15 heavy (non-hydrogen) atoms. The highest BCUT2D eigenvalue weighted by atomic mass is 16.6. The number of fused-ring (bicyclic) bond motifs is 5. The Morgan fingerprint density at radius 1 is 1.33 bits per heavy atom. The molecule has 0 amide bonds. The predicted molar refractivity (Wildman–Crippen MR) is 54.2 cm³/mol. The van der Waals surface area contributed by atoms with Crippen molar-refractivity contribution in [2.45, 2.75) is 44.5 Å². The summed E-state index contributed by atoms with van der Waals surface area (Å²) in [5.74, 6) is 0.235. The van der Waals surface area contributed by atoms with Crippen LogP contribution in [-0.4, -0.2) is 24.3 Å². The van der Waals surface area contributed by atoms with E-state index in [4.69, 9.17) is 9.47 Å². The van der Waals surface area contributed by atoms with Gasteiger partial charge in [-0.25, -0.2) is 0 Å². The maximum Gasteiger partial charge on any atom is 0.312 e. The molecule has 3 nitrogen and oxygen atoms in total. The molecule has 0 saturated carbocycles. The molecule has 2 bridgehead atoms. The average molecular weight is 208 g/mol. The summed E-state index contributed by atoms with van der Waals surface area (Å²) in [4.78, 5) is 11.7. The molecule has 82 valence electrons. The number of cyclic esters (lactones) is 1. The van der Waals surface area contributed by atoms with Crippen molar-refractivity contribution in [2.24, 2.45) is 11.8 Å². The van der Waals surface area contributed by atoms with Gasteiger partial charge in [0.2, 0.25) is 0 Å². The number of rotatable bonds is 3. The molecule has 5 atom stereocenters. The lowest BCUT2D eigenvalue weighted by Gasteiger charge is -2.19. The summed E-state index contributed by atoms with van der Waals surface area (Å²) in [6, 6.07) is 0. The molecule has 0 aromatic heterocycles. The molecule has 2 fully saturated rings. The van der Waals surface area contributed by atoms with Crippen LogP contribution in [0.5, 0.6) is 0 Å². The topological polar surface area (TPSA) is 35.5 Å². The molecule has 3 rings (SSSR count). The second-order valence-corrected chi connectivity index (χ2v) is 4.67. The van der Waals surface area contributed by atoms with Crippen LogP contribution in [-0.2, 0) is 14.3 Å². The second-order valence-electron chi connectivity index (χ2n) is 4.67.